The van der Waals surface area contributed by atoms with Gasteiger partial charge in [0.2, 0.25) is 5.82 Å². The maximum absolute atomic E-state index is 13.2. The lowest BCUT2D eigenvalue weighted by molar-refractivity contribution is -0.144. The van der Waals surface area contributed by atoms with Gasteiger partial charge in [-0.1, -0.05) is 6.07 Å². The molecule has 0 aliphatic carbocycles. The standard InChI is InChI=1S/C12H9F4N3/c1-6-2-3-7(13)4-8(6)9-5-10(17)19-11(18-9)12(14,15)16/h2-5H,1H3,(H2,17,18,19). The molecule has 1 heterocycles. The van der Waals surface area contributed by atoms with Gasteiger partial charge in [-0.15, -0.1) is 0 Å². The number of halogens is 4. The molecule has 100 valence electrons. The van der Waals surface area contributed by atoms with E-state index in [0.29, 0.717) is 5.56 Å². The fraction of sp³-hybridized carbons (Fsp3) is 0.167. The minimum Gasteiger partial charge on any atom is -0.384 e. The highest BCUT2D eigenvalue weighted by Gasteiger charge is 2.35. The third-order valence-electron chi connectivity index (χ3n) is 2.48. The Hall–Kier alpha value is -2.18. The Morgan fingerprint density at radius 1 is 1.11 bits per heavy atom. The number of aromatic nitrogens is 2. The molecule has 0 bridgehead atoms. The summed E-state index contributed by atoms with van der Waals surface area (Å²) in [5.74, 6) is -2.22. The average Bonchev–Trinajstić information content (AvgIpc) is 2.30. The Labute approximate surface area is 106 Å². The van der Waals surface area contributed by atoms with E-state index in [1.165, 1.54) is 18.2 Å². The molecule has 2 N–H and O–H groups in total. The number of hydrogen-bond acceptors (Lipinski definition) is 3. The summed E-state index contributed by atoms with van der Waals surface area (Å²) in [7, 11) is 0. The predicted octanol–water partition coefficient (Wildman–Crippen LogP) is 3.19. The molecule has 19 heavy (non-hydrogen) atoms. The van der Waals surface area contributed by atoms with E-state index >= 15 is 0 Å². The van der Waals surface area contributed by atoms with Crippen molar-refractivity contribution < 1.29 is 17.6 Å². The summed E-state index contributed by atoms with van der Waals surface area (Å²) in [6.45, 7) is 1.64. The number of anilines is 1. The monoisotopic (exact) mass is 271 g/mol. The maximum Gasteiger partial charge on any atom is 0.451 e. The summed E-state index contributed by atoms with van der Waals surface area (Å²) in [6, 6.07) is 4.96. The van der Waals surface area contributed by atoms with Crippen LogP contribution in [0.25, 0.3) is 11.3 Å². The number of nitrogens with zero attached hydrogens (tertiary/aromatic N) is 2. The maximum atomic E-state index is 13.2. The van der Waals surface area contributed by atoms with E-state index in [-0.39, 0.29) is 17.1 Å². The molecule has 0 spiro atoms. The normalized spacial score (nSPS) is 11.6. The Morgan fingerprint density at radius 3 is 2.42 bits per heavy atom. The molecule has 0 unspecified atom stereocenters. The second-order valence-electron chi connectivity index (χ2n) is 3.96. The van der Waals surface area contributed by atoms with Crippen LogP contribution in [0.4, 0.5) is 23.4 Å². The first kappa shape index (κ1) is 13.3. The van der Waals surface area contributed by atoms with Crippen molar-refractivity contribution in [2.24, 2.45) is 0 Å². The van der Waals surface area contributed by atoms with Crippen LogP contribution in [0, 0.1) is 12.7 Å². The smallest absolute Gasteiger partial charge is 0.384 e. The van der Waals surface area contributed by atoms with Gasteiger partial charge in [-0.2, -0.15) is 13.2 Å². The second kappa shape index (κ2) is 4.49. The molecule has 0 saturated heterocycles. The summed E-state index contributed by atoms with van der Waals surface area (Å²) in [4.78, 5) is 6.52. The van der Waals surface area contributed by atoms with Gasteiger partial charge in [0.15, 0.2) is 0 Å². The fourth-order valence-corrected chi connectivity index (χ4v) is 1.60. The molecule has 0 radical (unpaired) electrons. The lowest BCUT2D eigenvalue weighted by atomic mass is 10.1. The Balaban J connectivity index is 2.63. The van der Waals surface area contributed by atoms with Crippen molar-refractivity contribution in [3.63, 3.8) is 0 Å². The lowest BCUT2D eigenvalue weighted by Crippen LogP contribution is -2.13. The van der Waals surface area contributed by atoms with Gasteiger partial charge in [0.1, 0.15) is 11.6 Å². The first-order valence-electron chi connectivity index (χ1n) is 5.25. The van der Waals surface area contributed by atoms with Crippen LogP contribution >= 0.6 is 0 Å². The number of benzene rings is 1. The average molecular weight is 271 g/mol. The summed E-state index contributed by atoms with van der Waals surface area (Å²) >= 11 is 0. The van der Waals surface area contributed by atoms with Crippen molar-refractivity contribution >= 4 is 5.82 Å². The molecule has 2 rings (SSSR count). The van der Waals surface area contributed by atoms with E-state index in [0.717, 1.165) is 6.07 Å². The minimum absolute atomic E-state index is 0.0585. The Bertz CT molecular complexity index is 623. The highest BCUT2D eigenvalue weighted by molar-refractivity contribution is 5.65. The van der Waals surface area contributed by atoms with Crippen LogP contribution in [0.3, 0.4) is 0 Å². The molecule has 0 aliphatic heterocycles. The molecule has 3 nitrogen and oxygen atoms in total. The van der Waals surface area contributed by atoms with E-state index in [1.54, 1.807) is 6.92 Å². The molecule has 0 fully saturated rings. The molecule has 2 aromatic rings. The van der Waals surface area contributed by atoms with E-state index in [2.05, 4.69) is 9.97 Å². The molecular formula is C12H9F4N3. The van der Waals surface area contributed by atoms with Gasteiger partial charge in [0, 0.05) is 11.6 Å². The molecular weight excluding hydrogens is 262 g/mol. The van der Waals surface area contributed by atoms with Crippen LogP contribution in [-0.4, -0.2) is 9.97 Å². The largest absolute Gasteiger partial charge is 0.451 e. The summed E-state index contributed by atoms with van der Waals surface area (Å²) in [5.41, 5.74) is 6.12. The van der Waals surface area contributed by atoms with Crippen LogP contribution < -0.4 is 5.73 Å². The van der Waals surface area contributed by atoms with Crippen molar-refractivity contribution in [1.29, 1.82) is 0 Å². The topological polar surface area (TPSA) is 51.8 Å². The van der Waals surface area contributed by atoms with Crippen molar-refractivity contribution in [2.75, 3.05) is 5.73 Å². The quantitative estimate of drug-likeness (QED) is 0.810. The number of nitrogens with two attached hydrogens (primary N) is 1. The third-order valence-corrected chi connectivity index (χ3v) is 2.48. The van der Waals surface area contributed by atoms with Crippen LogP contribution in [0.1, 0.15) is 11.4 Å². The highest BCUT2D eigenvalue weighted by Crippen LogP contribution is 2.30. The highest BCUT2D eigenvalue weighted by atomic mass is 19.4. The van der Waals surface area contributed by atoms with Gasteiger partial charge < -0.3 is 5.73 Å². The van der Waals surface area contributed by atoms with Crippen molar-refractivity contribution in [3.05, 3.63) is 41.5 Å². The fourth-order valence-electron chi connectivity index (χ4n) is 1.60. The zero-order valence-electron chi connectivity index (χ0n) is 9.79. The van der Waals surface area contributed by atoms with E-state index in [1.807, 2.05) is 0 Å². The van der Waals surface area contributed by atoms with E-state index in [4.69, 9.17) is 5.73 Å². The van der Waals surface area contributed by atoms with Gasteiger partial charge in [0.05, 0.1) is 5.69 Å². The SMILES string of the molecule is Cc1ccc(F)cc1-c1cc(N)nc(C(F)(F)F)n1. The minimum atomic E-state index is -4.70. The number of alkyl halides is 3. The molecule has 7 heteroatoms. The van der Waals surface area contributed by atoms with E-state index < -0.39 is 17.8 Å². The number of nitrogen functional groups attached to an aromatic ring is 1. The molecule has 0 aliphatic rings. The Kier molecular flexibility index (Phi) is 3.13. The molecule has 0 atom stereocenters. The summed E-state index contributed by atoms with van der Waals surface area (Å²) in [5, 5.41) is 0. The molecule has 0 amide bonds. The van der Waals surface area contributed by atoms with Crippen molar-refractivity contribution in [1.82, 2.24) is 9.97 Å². The second-order valence-corrected chi connectivity index (χ2v) is 3.96. The molecule has 1 aromatic heterocycles. The number of hydrogen-bond donors (Lipinski definition) is 1. The number of aryl methyl sites for hydroxylation is 1. The van der Waals surface area contributed by atoms with Gasteiger partial charge in [-0.25, -0.2) is 14.4 Å². The van der Waals surface area contributed by atoms with Gasteiger partial charge in [0.25, 0.3) is 0 Å². The van der Waals surface area contributed by atoms with Gasteiger partial charge in [-0.05, 0) is 24.6 Å². The number of rotatable bonds is 1. The molecule has 1 aromatic carbocycles. The zero-order valence-corrected chi connectivity index (χ0v) is 9.79. The van der Waals surface area contributed by atoms with Crippen LogP contribution in [0.15, 0.2) is 24.3 Å². The lowest BCUT2D eigenvalue weighted by Gasteiger charge is -2.10. The first-order valence-corrected chi connectivity index (χ1v) is 5.25. The first-order chi connectivity index (χ1) is 8.77. The van der Waals surface area contributed by atoms with E-state index in [9.17, 15) is 17.6 Å². The van der Waals surface area contributed by atoms with Crippen molar-refractivity contribution in [2.45, 2.75) is 13.1 Å². The zero-order chi connectivity index (χ0) is 14.2. The summed E-state index contributed by atoms with van der Waals surface area (Å²) < 4.78 is 50.9. The van der Waals surface area contributed by atoms with Gasteiger partial charge >= 0.3 is 6.18 Å². The Morgan fingerprint density at radius 2 is 1.79 bits per heavy atom. The third kappa shape index (κ3) is 2.81. The molecule has 0 saturated carbocycles. The predicted molar refractivity (Wildman–Crippen MR) is 61.6 cm³/mol. The van der Waals surface area contributed by atoms with Crippen LogP contribution in [0.2, 0.25) is 0 Å². The summed E-state index contributed by atoms with van der Waals surface area (Å²) in [6.07, 6.45) is -4.70. The van der Waals surface area contributed by atoms with Gasteiger partial charge in [-0.3, -0.25) is 0 Å². The van der Waals surface area contributed by atoms with Crippen molar-refractivity contribution in [3.8, 4) is 11.3 Å². The van der Waals surface area contributed by atoms with Crippen LogP contribution in [0.5, 0.6) is 0 Å². The van der Waals surface area contributed by atoms with Crippen LogP contribution in [-0.2, 0) is 6.18 Å².